The van der Waals surface area contributed by atoms with Gasteiger partial charge < -0.3 is 14.9 Å². The van der Waals surface area contributed by atoms with Crippen molar-refractivity contribution in [3.63, 3.8) is 0 Å². The summed E-state index contributed by atoms with van der Waals surface area (Å²) >= 11 is 0. The molecular weight excluding hydrogens is 414 g/mol. The van der Waals surface area contributed by atoms with E-state index in [-0.39, 0.29) is 11.3 Å². The molecule has 1 aromatic carbocycles. The van der Waals surface area contributed by atoms with Gasteiger partial charge in [0.25, 0.3) is 0 Å². The van der Waals surface area contributed by atoms with Crippen molar-refractivity contribution in [3.8, 4) is 11.5 Å². The van der Waals surface area contributed by atoms with E-state index in [0.29, 0.717) is 17.9 Å². The maximum absolute atomic E-state index is 11.1. The average molecular weight is 457 g/mol. The summed E-state index contributed by atoms with van der Waals surface area (Å²) in [7, 11) is 0. The predicted octanol–water partition coefficient (Wildman–Crippen LogP) is 6.75. The zero-order valence-corrected chi connectivity index (χ0v) is 20.5. The number of hydrogen-bond acceptors (Lipinski definition) is 3. The number of carbonyl (C=O) groups is 1. The molecule has 0 saturated carbocycles. The Labute approximate surface area is 199 Å². The van der Waals surface area contributed by atoms with Gasteiger partial charge in [-0.3, -0.25) is 0 Å². The fourth-order valence-electron chi connectivity index (χ4n) is 4.13. The van der Waals surface area contributed by atoms with E-state index < -0.39 is 5.97 Å². The van der Waals surface area contributed by atoms with Gasteiger partial charge in [0.2, 0.25) is 0 Å². The molecule has 0 amide bonds. The van der Waals surface area contributed by atoms with Crippen LogP contribution in [0.15, 0.2) is 36.7 Å². The van der Waals surface area contributed by atoms with Crippen molar-refractivity contribution < 1.29 is 24.3 Å². The summed E-state index contributed by atoms with van der Waals surface area (Å²) in [6, 6.07) is 7.41. The van der Waals surface area contributed by atoms with Gasteiger partial charge in [-0.2, -0.15) is 0 Å². The van der Waals surface area contributed by atoms with Crippen LogP contribution in [0, 0.1) is 13.8 Å². The Hall–Kier alpha value is -2.56. The standard InChI is InChI=1S/C28H41NO4/c1-23-15-18-29(19-16-23)17-13-11-9-7-5-3-4-6-8-10-12-14-20-33-25-21-24(2)27(28(31)32)26(30)22-25/h15-16,18-19,21-22H,3-14,17,20H2,1-2H3,(H-,30,31,32)/p+1. The summed E-state index contributed by atoms with van der Waals surface area (Å²) in [5.41, 5.74) is 1.78. The first-order chi connectivity index (χ1) is 16.0. The molecule has 0 radical (unpaired) electrons. The lowest BCUT2D eigenvalue weighted by atomic mass is 10.1. The fourth-order valence-corrected chi connectivity index (χ4v) is 4.13. The van der Waals surface area contributed by atoms with Crippen LogP contribution >= 0.6 is 0 Å². The highest BCUT2D eigenvalue weighted by Gasteiger charge is 2.14. The van der Waals surface area contributed by atoms with E-state index in [1.807, 2.05) is 0 Å². The van der Waals surface area contributed by atoms with Crippen LogP contribution in [-0.4, -0.2) is 22.8 Å². The van der Waals surface area contributed by atoms with E-state index >= 15 is 0 Å². The lowest BCUT2D eigenvalue weighted by molar-refractivity contribution is -0.697. The van der Waals surface area contributed by atoms with Gasteiger partial charge in [0, 0.05) is 24.6 Å². The van der Waals surface area contributed by atoms with E-state index in [2.05, 4.69) is 36.0 Å². The molecule has 0 aliphatic carbocycles. The number of hydrogen-bond donors (Lipinski definition) is 2. The van der Waals surface area contributed by atoms with Gasteiger partial charge in [0.05, 0.1) is 6.61 Å². The number of phenols is 1. The Morgan fingerprint density at radius 3 is 1.85 bits per heavy atom. The number of ether oxygens (including phenoxy) is 1. The predicted molar refractivity (Wildman–Crippen MR) is 132 cm³/mol. The molecule has 2 rings (SSSR count). The summed E-state index contributed by atoms with van der Waals surface area (Å²) in [5, 5.41) is 18.9. The van der Waals surface area contributed by atoms with Crippen molar-refractivity contribution in [3.05, 3.63) is 53.3 Å². The van der Waals surface area contributed by atoms with Gasteiger partial charge in [0.15, 0.2) is 12.4 Å². The SMILES string of the molecule is Cc1cc[n+](CCCCCCCCCCCCCCOc2cc(C)c(C(=O)O)c(O)c2)cc1. The van der Waals surface area contributed by atoms with Gasteiger partial charge in [-0.15, -0.1) is 0 Å². The maximum atomic E-state index is 11.1. The van der Waals surface area contributed by atoms with Gasteiger partial charge in [-0.05, 0) is 43.9 Å². The molecule has 33 heavy (non-hydrogen) atoms. The third-order valence-corrected chi connectivity index (χ3v) is 6.14. The number of aromatic hydroxyl groups is 1. The largest absolute Gasteiger partial charge is 0.507 e. The van der Waals surface area contributed by atoms with Crippen molar-refractivity contribution in [2.45, 2.75) is 97.4 Å². The summed E-state index contributed by atoms with van der Waals surface area (Å²) < 4.78 is 7.96. The van der Waals surface area contributed by atoms with Crippen LogP contribution in [0.3, 0.4) is 0 Å². The molecule has 2 N–H and O–H groups in total. The van der Waals surface area contributed by atoms with Crippen LogP contribution in [0.5, 0.6) is 11.5 Å². The van der Waals surface area contributed by atoms with Crippen molar-refractivity contribution in [2.24, 2.45) is 0 Å². The van der Waals surface area contributed by atoms with Crippen molar-refractivity contribution in [1.29, 1.82) is 0 Å². The second kappa shape index (κ2) is 15.3. The van der Waals surface area contributed by atoms with Crippen LogP contribution in [0.1, 0.15) is 98.5 Å². The van der Waals surface area contributed by atoms with Crippen molar-refractivity contribution >= 4 is 5.97 Å². The van der Waals surface area contributed by atoms with Crippen LogP contribution < -0.4 is 9.30 Å². The van der Waals surface area contributed by atoms with Crippen LogP contribution in [-0.2, 0) is 6.54 Å². The Morgan fingerprint density at radius 2 is 1.33 bits per heavy atom. The number of carboxylic acids is 1. The van der Waals surface area contributed by atoms with Gasteiger partial charge in [0.1, 0.15) is 23.6 Å². The highest BCUT2D eigenvalue weighted by atomic mass is 16.5. The smallest absolute Gasteiger partial charge is 0.339 e. The molecule has 0 spiro atoms. The average Bonchev–Trinajstić information content (AvgIpc) is 2.77. The summed E-state index contributed by atoms with van der Waals surface area (Å²) in [5.74, 6) is -0.827. The normalized spacial score (nSPS) is 11.0. The highest BCUT2D eigenvalue weighted by Crippen LogP contribution is 2.27. The third-order valence-electron chi connectivity index (χ3n) is 6.14. The molecule has 182 valence electrons. The monoisotopic (exact) mass is 456 g/mol. The second-order valence-electron chi connectivity index (χ2n) is 9.14. The number of aromatic nitrogens is 1. The lowest BCUT2D eigenvalue weighted by Gasteiger charge is -2.10. The molecule has 1 heterocycles. The maximum Gasteiger partial charge on any atom is 0.339 e. The van der Waals surface area contributed by atoms with E-state index in [4.69, 9.17) is 9.84 Å². The number of pyridine rings is 1. The van der Waals surface area contributed by atoms with Crippen LogP contribution in [0.25, 0.3) is 0 Å². The van der Waals surface area contributed by atoms with Gasteiger partial charge >= 0.3 is 5.97 Å². The molecule has 0 atom stereocenters. The molecule has 5 heteroatoms. The minimum Gasteiger partial charge on any atom is -0.507 e. The van der Waals surface area contributed by atoms with Crippen LogP contribution in [0.4, 0.5) is 0 Å². The zero-order valence-electron chi connectivity index (χ0n) is 20.5. The van der Waals surface area contributed by atoms with Gasteiger partial charge in [-0.25, -0.2) is 9.36 Å². The first kappa shape index (κ1) is 26.7. The molecule has 0 unspecified atom stereocenters. The summed E-state index contributed by atoms with van der Waals surface area (Å²) in [4.78, 5) is 11.1. The molecule has 0 aliphatic heterocycles. The minimum absolute atomic E-state index is 0.0560. The van der Waals surface area contributed by atoms with E-state index in [1.165, 1.54) is 75.8 Å². The molecule has 5 nitrogen and oxygen atoms in total. The topological polar surface area (TPSA) is 70.6 Å². The minimum atomic E-state index is -1.12. The van der Waals surface area contributed by atoms with Gasteiger partial charge in [-0.1, -0.05) is 57.8 Å². The van der Waals surface area contributed by atoms with E-state index in [1.54, 1.807) is 13.0 Å². The fraction of sp³-hybridized carbons (Fsp3) is 0.571. The summed E-state index contributed by atoms with van der Waals surface area (Å²) in [6.45, 7) is 5.52. The van der Waals surface area contributed by atoms with Crippen molar-refractivity contribution in [2.75, 3.05) is 6.61 Å². The number of carboxylic acid groups (broad SMARTS) is 1. The Bertz CT molecular complexity index is 809. The number of rotatable bonds is 17. The number of aryl methyl sites for hydroxylation is 3. The molecule has 0 saturated heterocycles. The molecular formula is C28H42NO4+. The number of nitrogens with zero attached hydrogens (tertiary/aromatic N) is 1. The number of unbranched alkanes of at least 4 members (excludes halogenated alkanes) is 11. The first-order valence-corrected chi connectivity index (χ1v) is 12.6. The molecule has 2 aromatic rings. The van der Waals surface area contributed by atoms with E-state index in [9.17, 15) is 9.90 Å². The molecule has 0 aliphatic rings. The van der Waals surface area contributed by atoms with Crippen molar-refractivity contribution in [1.82, 2.24) is 0 Å². The zero-order chi connectivity index (χ0) is 23.9. The Morgan fingerprint density at radius 1 is 0.818 bits per heavy atom. The third kappa shape index (κ3) is 10.7. The van der Waals surface area contributed by atoms with E-state index in [0.717, 1.165) is 19.4 Å². The highest BCUT2D eigenvalue weighted by molar-refractivity contribution is 5.92. The number of aromatic carboxylic acids is 1. The van der Waals surface area contributed by atoms with Crippen LogP contribution in [0.2, 0.25) is 0 Å². The Balaban J connectivity index is 1.37. The molecule has 0 bridgehead atoms. The quantitative estimate of drug-likeness (QED) is 0.204. The first-order valence-electron chi connectivity index (χ1n) is 12.6. The Kier molecular flexibility index (Phi) is 12.4. The second-order valence-corrected chi connectivity index (χ2v) is 9.14. The summed E-state index contributed by atoms with van der Waals surface area (Å²) in [6.07, 6.45) is 19.6. The lowest BCUT2D eigenvalue weighted by Crippen LogP contribution is -2.32. The molecule has 1 aromatic heterocycles. The number of benzene rings is 1. The molecule has 0 fully saturated rings.